The van der Waals surface area contributed by atoms with E-state index in [0.29, 0.717) is 6.54 Å². The van der Waals surface area contributed by atoms with Crippen molar-refractivity contribution in [3.8, 4) is 0 Å². The fraction of sp³-hybridized carbons (Fsp3) is 0.200. The van der Waals surface area contributed by atoms with Crippen LogP contribution in [0.3, 0.4) is 0 Å². The Bertz CT molecular complexity index is 749. The summed E-state index contributed by atoms with van der Waals surface area (Å²) in [6.45, 7) is 0.313. The standard InChI is InChI=1S/C15H16FN3O3S/c16-13-1-3-14(4-2-13)23(21,22)19-10-7-15(20)18-11-12-5-8-17-9-6-12/h1-6,8-9,19H,7,10-11H2,(H,18,20). The van der Waals surface area contributed by atoms with Crippen molar-refractivity contribution < 1.29 is 17.6 Å². The third kappa shape index (κ3) is 5.42. The summed E-state index contributed by atoms with van der Waals surface area (Å²) in [4.78, 5) is 15.5. The number of hydrogen-bond acceptors (Lipinski definition) is 4. The van der Waals surface area contributed by atoms with Gasteiger partial charge >= 0.3 is 0 Å². The topological polar surface area (TPSA) is 88.2 Å². The van der Waals surface area contributed by atoms with Crippen molar-refractivity contribution in [3.63, 3.8) is 0 Å². The molecule has 2 aromatic rings. The van der Waals surface area contributed by atoms with E-state index >= 15 is 0 Å². The molecule has 0 atom stereocenters. The van der Waals surface area contributed by atoms with Crippen LogP contribution in [0.15, 0.2) is 53.7 Å². The molecule has 0 fully saturated rings. The minimum atomic E-state index is -3.74. The van der Waals surface area contributed by atoms with E-state index in [1.54, 1.807) is 24.5 Å². The number of pyridine rings is 1. The van der Waals surface area contributed by atoms with Gasteiger partial charge in [-0.3, -0.25) is 9.78 Å². The van der Waals surface area contributed by atoms with Crippen LogP contribution >= 0.6 is 0 Å². The zero-order valence-corrected chi connectivity index (χ0v) is 13.0. The molecule has 0 spiro atoms. The maximum Gasteiger partial charge on any atom is 0.240 e. The number of nitrogens with one attached hydrogen (secondary N) is 2. The number of nitrogens with zero attached hydrogens (tertiary/aromatic N) is 1. The van der Waals surface area contributed by atoms with E-state index in [9.17, 15) is 17.6 Å². The van der Waals surface area contributed by atoms with Gasteiger partial charge < -0.3 is 5.32 Å². The van der Waals surface area contributed by atoms with Crippen molar-refractivity contribution in [2.45, 2.75) is 17.9 Å². The number of benzene rings is 1. The molecular weight excluding hydrogens is 321 g/mol. The highest BCUT2D eigenvalue weighted by Crippen LogP contribution is 2.09. The lowest BCUT2D eigenvalue weighted by Crippen LogP contribution is -2.30. The summed E-state index contributed by atoms with van der Waals surface area (Å²) in [5.74, 6) is -0.789. The van der Waals surface area contributed by atoms with Gasteiger partial charge in [-0.15, -0.1) is 0 Å². The molecule has 122 valence electrons. The number of carbonyl (C=O) groups is 1. The lowest BCUT2D eigenvalue weighted by Gasteiger charge is -2.07. The van der Waals surface area contributed by atoms with Gasteiger partial charge in [-0.1, -0.05) is 0 Å². The lowest BCUT2D eigenvalue weighted by molar-refractivity contribution is -0.121. The van der Waals surface area contributed by atoms with Gasteiger partial charge in [0.25, 0.3) is 0 Å². The zero-order valence-electron chi connectivity index (χ0n) is 12.2. The maximum absolute atomic E-state index is 12.8. The molecular formula is C15H16FN3O3S. The third-order valence-electron chi connectivity index (χ3n) is 3.01. The Balaban J connectivity index is 1.77. The monoisotopic (exact) mass is 337 g/mol. The number of rotatable bonds is 7. The number of amides is 1. The predicted octanol–water partition coefficient (Wildman–Crippen LogP) is 1.21. The minimum absolute atomic E-state index is 0.00546. The van der Waals surface area contributed by atoms with E-state index in [-0.39, 0.29) is 23.8 Å². The fourth-order valence-corrected chi connectivity index (χ4v) is 2.82. The lowest BCUT2D eigenvalue weighted by atomic mass is 10.2. The Morgan fingerprint density at radius 3 is 2.39 bits per heavy atom. The second-order valence-electron chi connectivity index (χ2n) is 4.73. The van der Waals surface area contributed by atoms with E-state index in [0.717, 1.165) is 17.7 Å². The maximum atomic E-state index is 12.8. The summed E-state index contributed by atoms with van der Waals surface area (Å²) in [5, 5.41) is 2.68. The number of halogens is 1. The molecule has 0 saturated heterocycles. The highest BCUT2D eigenvalue weighted by Gasteiger charge is 2.14. The molecule has 0 unspecified atom stereocenters. The van der Waals surface area contributed by atoms with Crippen molar-refractivity contribution >= 4 is 15.9 Å². The molecule has 0 aliphatic carbocycles. The predicted molar refractivity (Wildman–Crippen MR) is 82.3 cm³/mol. The Morgan fingerprint density at radius 1 is 1.09 bits per heavy atom. The van der Waals surface area contributed by atoms with E-state index in [2.05, 4.69) is 15.0 Å². The van der Waals surface area contributed by atoms with Gasteiger partial charge in [-0.2, -0.15) is 0 Å². The van der Waals surface area contributed by atoms with Crippen molar-refractivity contribution in [1.29, 1.82) is 0 Å². The fourth-order valence-electron chi connectivity index (χ4n) is 1.79. The second kappa shape index (κ2) is 7.80. The Morgan fingerprint density at radius 2 is 1.74 bits per heavy atom. The largest absolute Gasteiger partial charge is 0.352 e. The highest BCUT2D eigenvalue weighted by atomic mass is 32.2. The molecule has 8 heteroatoms. The van der Waals surface area contributed by atoms with Crippen LogP contribution in [-0.2, 0) is 21.4 Å². The van der Waals surface area contributed by atoms with Crippen LogP contribution in [0.2, 0.25) is 0 Å². The first-order chi connectivity index (χ1) is 11.0. The molecule has 0 aliphatic rings. The molecule has 1 heterocycles. The van der Waals surface area contributed by atoms with Crippen LogP contribution in [0.1, 0.15) is 12.0 Å². The van der Waals surface area contributed by atoms with Crippen molar-refractivity contribution in [3.05, 3.63) is 60.2 Å². The molecule has 0 aliphatic heterocycles. The van der Waals surface area contributed by atoms with Gasteiger partial charge in [0.1, 0.15) is 5.82 Å². The minimum Gasteiger partial charge on any atom is -0.352 e. The summed E-state index contributed by atoms with van der Waals surface area (Å²) in [6, 6.07) is 8.02. The highest BCUT2D eigenvalue weighted by molar-refractivity contribution is 7.89. The Hall–Kier alpha value is -2.32. The average Bonchev–Trinajstić information content (AvgIpc) is 2.54. The van der Waals surface area contributed by atoms with Crippen molar-refractivity contribution in [1.82, 2.24) is 15.0 Å². The first-order valence-electron chi connectivity index (χ1n) is 6.88. The number of sulfonamides is 1. The number of hydrogen-bond donors (Lipinski definition) is 2. The number of aromatic nitrogens is 1. The molecule has 6 nitrogen and oxygen atoms in total. The van der Waals surface area contributed by atoms with E-state index < -0.39 is 15.8 Å². The van der Waals surface area contributed by atoms with Crippen LogP contribution < -0.4 is 10.0 Å². The number of carbonyl (C=O) groups excluding carboxylic acids is 1. The molecule has 2 rings (SSSR count). The summed E-state index contributed by atoms with van der Waals surface area (Å²) in [5.41, 5.74) is 0.903. The molecule has 23 heavy (non-hydrogen) atoms. The first-order valence-corrected chi connectivity index (χ1v) is 8.36. The van der Waals surface area contributed by atoms with Gasteiger partial charge in [0.05, 0.1) is 4.90 Å². The van der Waals surface area contributed by atoms with Gasteiger partial charge in [-0.25, -0.2) is 17.5 Å². The molecule has 0 radical (unpaired) electrons. The van der Waals surface area contributed by atoms with Gasteiger partial charge in [-0.05, 0) is 42.0 Å². The second-order valence-corrected chi connectivity index (χ2v) is 6.50. The summed E-state index contributed by atoms with van der Waals surface area (Å²) < 4.78 is 39.0. The van der Waals surface area contributed by atoms with Crippen LogP contribution in [0.5, 0.6) is 0 Å². The Labute approximate surface area is 133 Å². The molecule has 1 aromatic heterocycles. The van der Waals surface area contributed by atoms with E-state index in [4.69, 9.17) is 0 Å². The van der Waals surface area contributed by atoms with Crippen LogP contribution in [0.25, 0.3) is 0 Å². The van der Waals surface area contributed by atoms with Crippen LogP contribution in [0.4, 0.5) is 4.39 Å². The SMILES string of the molecule is O=C(CCNS(=O)(=O)c1ccc(F)cc1)NCc1ccncc1. The van der Waals surface area contributed by atoms with Gasteiger partial charge in [0.15, 0.2) is 0 Å². The first kappa shape index (κ1) is 17.0. The summed E-state index contributed by atoms with van der Waals surface area (Å²) in [6.07, 6.45) is 3.25. The Kier molecular flexibility index (Phi) is 5.78. The molecule has 1 amide bonds. The molecule has 0 bridgehead atoms. The van der Waals surface area contributed by atoms with Crippen molar-refractivity contribution in [2.75, 3.05) is 6.54 Å². The van der Waals surface area contributed by atoms with E-state index in [1.165, 1.54) is 12.1 Å². The summed E-state index contributed by atoms with van der Waals surface area (Å²) in [7, 11) is -3.74. The zero-order chi connectivity index (χ0) is 16.7. The van der Waals surface area contributed by atoms with Crippen molar-refractivity contribution in [2.24, 2.45) is 0 Å². The molecule has 2 N–H and O–H groups in total. The van der Waals surface area contributed by atoms with E-state index in [1.807, 2.05) is 0 Å². The average molecular weight is 337 g/mol. The summed E-state index contributed by atoms with van der Waals surface area (Å²) >= 11 is 0. The van der Waals surface area contributed by atoms with Crippen LogP contribution in [0, 0.1) is 5.82 Å². The molecule has 0 saturated carbocycles. The smallest absolute Gasteiger partial charge is 0.240 e. The third-order valence-corrected chi connectivity index (χ3v) is 4.48. The normalized spacial score (nSPS) is 11.2. The van der Waals surface area contributed by atoms with Gasteiger partial charge in [0.2, 0.25) is 15.9 Å². The van der Waals surface area contributed by atoms with Crippen LogP contribution in [-0.4, -0.2) is 25.9 Å². The molecule has 1 aromatic carbocycles. The quantitative estimate of drug-likeness (QED) is 0.795. The van der Waals surface area contributed by atoms with Gasteiger partial charge in [0, 0.05) is 31.9 Å².